The standard InChI is InChI=1S/C18H18N4O3S/c1-14-2-5-16(13-20-14)18(23)21-8-10-22(11-9-21)26(24,25)17-6-3-15(12-19)4-7-17/h2-7,13H,8-11H2,1H3. The summed E-state index contributed by atoms with van der Waals surface area (Å²) in [5, 5.41) is 8.82. The highest BCUT2D eigenvalue weighted by molar-refractivity contribution is 7.89. The van der Waals surface area contributed by atoms with Crippen molar-refractivity contribution in [1.29, 1.82) is 5.26 Å². The number of amides is 1. The molecule has 1 amide bonds. The Hall–Kier alpha value is -2.76. The third kappa shape index (κ3) is 3.59. The van der Waals surface area contributed by atoms with Gasteiger partial charge in [0.2, 0.25) is 10.0 Å². The molecule has 2 heterocycles. The van der Waals surface area contributed by atoms with Crippen molar-refractivity contribution >= 4 is 15.9 Å². The van der Waals surface area contributed by atoms with Gasteiger partial charge in [-0.15, -0.1) is 0 Å². The maximum Gasteiger partial charge on any atom is 0.255 e. The van der Waals surface area contributed by atoms with Crippen molar-refractivity contribution < 1.29 is 13.2 Å². The fourth-order valence-electron chi connectivity index (χ4n) is 2.76. The van der Waals surface area contributed by atoms with E-state index in [0.29, 0.717) is 24.2 Å². The van der Waals surface area contributed by atoms with E-state index in [1.807, 2.05) is 13.0 Å². The minimum atomic E-state index is -3.63. The van der Waals surface area contributed by atoms with Crippen LogP contribution in [0.25, 0.3) is 0 Å². The van der Waals surface area contributed by atoms with E-state index >= 15 is 0 Å². The molecule has 0 N–H and O–H groups in total. The van der Waals surface area contributed by atoms with Crippen LogP contribution in [0.2, 0.25) is 0 Å². The normalized spacial score (nSPS) is 15.5. The van der Waals surface area contributed by atoms with Crippen LogP contribution in [-0.4, -0.2) is 54.7 Å². The summed E-state index contributed by atoms with van der Waals surface area (Å²) in [5.41, 5.74) is 1.74. The average molecular weight is 370 g/mol. The monoisotopic (exact) mass is 370 g/mol. The first kappa shape index (κ1) is 18.0. The van der Waals surface area contributed by atoms with Gasteiger partial charge in [-0.2, -0.15) is 9.57 Å². The summed E-state index contributed by atoms with van der Waals surface area (Å²) in [5.74, 6) is -0.145. The van der Waals surface area contributed by atoms with Crippen LogP contribution >= 0.6 is 0 Å². The van der Waals surface area contributed by atoms with Crippen LogP contribution in [0.3, 0.4) is 0 Å². The van der Waals surface area contributed by atoms with Crippen molar-refractivity contribution in [2.75, 3.05) is 26.2 Å². The van der Waals surface area contributed by atoms with Crippen molar-refractivity contribution in [1.82, 2.24) is 14.2 Å². The summed E-state index contributed by atoms with van der Waals surface area (Å²) < 4.78 is 26.8. The van der Waals surface area contributed by atoms with Gasteiger partial charge in [-0.1, -0.05) is 0 Å². The van der Waals surface area contributed by atoms with E-state index in [0.717, 1.165) is 5.69 Å². The lowest BCUT2D eigenvalue weighted by Gasteiger charge is -2.34. The fraction of sp³-hybridized carbons (Fsp3) is 0.278. The quantitative estimate of drug-likeness (QED) is 0.814. The van der Waals surface area contributed by atoms with Crippen LogP contribution in [0, 0.1) is 18.3 Å². The molecule has 0 unspecified atom stereocenters. The average Bonchev–Trinajstić information content (AvgIpc) is 2.68. The highest BCUT2D eigenvalue weighted by atomic mass is 32.2. The minimum Gasteiger partial charge on any atom is -0.336 e. The number of aryl methyl sites for hydroxylation is 1. The number of piperazine rings is 1. The predicted molar refractivity (Wildman–Crippen MR) is 94.8 cm³/mol. The second-order valence-corrected chi connectivity index (χ2v) is 7.96. The third-order valence-corrected chi connectivity index (χ3v) is 6.22. The molecule has 1 aromatic carbocycles. The number of benzene rings is 1. The van der Waals surface area contributed by atoms with Crippen LogP contribution in [0.1, 0.15) is 21.6 Å². The first-order chi connectivity index (χ1) is 12.4. The summed E-state index contributed by atoms with van der Waals surface area (Å²) in [6, 6.07) is 11.3. The molecule has 2 aromatic rings. The highest BCUT2D eigenvalue weighted by Crippen LogP contribution is 2.19. The molecule has 0 radical (unpaired) electrons. The van der Waals surface area contributed by atoms with Gasteiger partial charge in [-0.05, 0) is 43.3 Å². The van der Waals surface area contributed by atoms with Gasteiger partial charge in [0, 0.05) is 38.1 Å². The van der Waals surface area contributed by atoms with E-state index in [2.05, 4.69) is 4.98 Å². The van der Waals surface area contributed by atoms with Crippen LogP contribution in [-0.2, 0) is 10.0 Å². The Labute approximate surface area is 152 Å². The lowest BCUT2D eigenvalue weighted by Crippen LogP contribution is -2.50. The Bertz CT molecular complexity index is 939. The van der Waals surface area contributed by atoms with Gasteiger partial charge in [-0.3, -0.25) is 9.78 Å². The number of nitriles is 1. The van der Waals surface area contributed by atoms with Crippen LogP contribution in [0.4, 0.5) is 0 Å². The Morgan fingerprint density at radius 2 is 1.73 bits per heavy atom. The number of carbonyl (C=O) groups is 1. The van der Waals surface area contributed by atoms with Gasteiger partial charge in [0.05, 0.1) is 22.1 Å². The number of nitrogens with zero attached hydrogens (tertiary/aromatic N) is 4. The largest absolute Gasteiger partial charge is 0.336 e. The number of carbonyl (C=O) groups excluding carboxylic acids is 1. The molecule has 1 fully saturated rings. The summed E-state index contributed by atoms with van der Waals surface area (Å²) in [4.78, 5) is 18.4. The molecule has 0 saturated carbocycles. The molecule has 134 valence electrons. The number of rotatable bonds is 3. The third-order valence-electron chi connectivity index (χ3n) is 4.31. The molecule has 26 heavy (non-hydrogen) atoms. The van der Waals surface area contributed by atoms with Gasteiger partial charge in [-0.25, -0.2) is 8.42 Å². The number of sulfonamides is 1. The molecular weight excluding hydrogens is 352 g/mol. The summed E-state index contributed by atoms with van der Waals surface area (Å²) >= 11 is 0. The molecule has 1 aromatic heterocycles. The first-order valence-electron chi connectivity index (χ1n) is 8.14. The van der Waals surface area contributed by atoms with Crippen LogP contribution < -0.4 is 0 Å². The zero-order valence-corrected chi connectivity index (χ0v) is 15.1. The van der Waals surface area contributed by atoms with Crippen LogP contribution in [0.5, 0.6) is 0 Å². The van der Waals surface area contributed by atoms with Gasteiger partial charge in [0.15, 0.2) is 0 Å². The molecule has 0 aliphatic carbocycles. The number of hydrogen-bond donors (Lipinski definition) is 0. The summed E-state index contributed by atoms with van der Waals surface area (Å²) in [7, 11) is -3.63. The van der Waals surface area contributed by atoms with E-state index in [4.69, 9.17) is 5.26 Å². The molecule has 8 heteroatoms. The highest BCUT2D eigenvalue weighted by Gasteiger charge is 2.30. The molecule has 3 rings (SSSR count). The smallest absolute Gasteiger partial charge is 0.255 e. The molecule has 0 spiro atoms. The Kier molecular flexibility index (Phi) is 5.02. The second kappa shape index (κ2) is 7.23. The molecule has 0 bridgehead atoms. The van der Waals surface area contributed by atoms with Gasteiger partial charge in [0.25, 0.3) is 5.91 Å². The zero-order chi connectivity index (χ0) is 18.7. The lowest BCUT2D eigenvalue weighted by molar-refractivity contribution is 0.0697. The fourth-order valence-corrected chi connectivity index (χ4v) is 4.18. The Morgan fingerprint density at radius 1 is 1.08 bits per heavy atom. The lowest BCUT2D eigenvalue weighted by atomic mass is 10.2. The van der Waals surface area contributed by atoms with E-state index in [9.17, 15) is 13.2 Å². The minimum absolute atomic E-state index is 0.145. The Morgan fingerprint density at radius 3 is 2.27 bits per heavy atom. The van der Waals surface area contributed by atoms with Crippen molar-refractivity contribution in [2.24, 2.45) is 0 Å². The second-order valence-electron chi connectivity index (χ2n) is 6.02. The molecule has 1 saturated heterocycles. The molecular formula is C18H18N4O3S. The van der Waals surface area contributed by atoms with Gasteiger partial charge in [0.1, 0.15) is 0 Å². The van der Waals surface area contributed by atoms with Crippen molar-refractivity contribution in [3.63, 3.8) is 0 Å². The Balaban J connectivity index is 1.68. The number of hydrogen-bond acceptors (Lipinski definition) is 5. The number of aromatic nitrogens is 1. The maximum absolute atomic E-state index is 12.7. The van der Waals surface area contributed by atoms with E-state index in [1.54, 1.807) is 17.0 Å². The molecule has 7 nitrogen and oxygen atoms in total. The first-order valence-corrected chi connectivity index (χ1v) is 9.58. The number of pyridine rings is 1. The van der Waals surface area contributed by atoms with E-state index in [1.165, 1.54) is 34.8 Å². The van der Waals surface area contributed by atoms with Crippen molar-refractivity contribution in [2.45, 2.75) is 11.8 Å². The molecule has 0 atom stereocenters. The SMILES string of the molecule is Cc1ccc(C(=O)N2CCN(S(=O)(=O)c3ccc(C#N)cc3)CC2)cn1. The van der Waals surface area contributed by atoms with Crippen molar-refractivity contribution in [3.05, 3.63) is 59.4 Å². The summed E-state index contributed by atoms with van der Waals surface area (Å²) in [6.45, 7) is 2.95. The zero-order valence-electron chi connectivity index (χ0n) is 14.3. The van der Waals surface area contributed by atoms with Crippen molar-refractivity contribution in [3.8, 4) is 6.07 Å². The molecule has 1 aliphatic rings. The predicted octanol–water partition coefficient (Wildman–Crippen LogP) is 1.41. The maximum atomic E-state index is 12.7. The van der Waals surface area contributed by atoms with Gasteiger partial charge < -0.3 is 4.90 Å². The topological polar surface area (TPSA) is 94.4 Å². The molecule has 1 aliphatic heterocycles. The van der Waals surface area contributed by atoms with E-state index < -0.39 is 10.0 Å². The van der Waals surface area contributed by atoms with Crippen LogP contribution in [0.15, 0.2) is 47.5 Å². The van der Waals surface area contributed by atoms with Gasteiger partial charge >= 0.3 is 0 Å². The van der Waals surface area contributed by atoms with E-state index in [-0.39, 0.29) is 23.9 Å². The summed E-state index contributed by atoms with van der Waals surface area (Å²) in [6.07, 6.45) is 1.54.